The van der Waals surface area contributed by atoms with Gasteiger partial charge in [-0.2, -0.15) is 5.26 Å². The monoisotopic (exact) mass is 188 g/mol. The van der Waals surface area contributed by atoms with Crippen LogP contribution in [0.4, 0.5) is 5.95 Å². The molecule has 0 radical (unpaired) electrons. The summed E-state index contributed by atoms with van der Waals surface area (Å²) in [5.41, 5.74) is 1.80. The van der Waals surface area contributed by atoms with Crippen molar-refractivity contribution in [1.29, 1.82) is 5.26 Å². The molecule has 0 amide bonds. The van der Waals surface area contributed by atoms with Crippen LogP contribution in [0.2, 0.25) is 0 Å². The van der Waals surface area contributed by atoms with E-state index in [1.165, 1.54) is 12.8 Å². The van der Waals surface area contributed by atoms with Crippen LogP contribution in [0.15, 0.2) is 6.20 Å². The fraction of sp³-hybridized carbons (Fsp3) is 0.500. The second-order valence-electron chi connectivity index (χ2n) is 3.58. The van der Waals surface area contributed by atoms with Crippen LogP contribution in [0.3, 0.4) is 0 Å². The van der Waals surface area contributed by atoms with Gasteiger partial charge in [0, 0.05) is 12.2 Å². The number of anilines is 1. The number of nitrogens with one attached hydrogen (secondary N) is 1. The molecule has 1 heterocycles. The Morgan fingerprint density at radius 2 is 2.43 bits per heavy atom. The average molecular weight is 188 g/mol. The quantitative estimate of drug-likeness (QED) is 0.779. The topological polar surface area (TPSA) is 61.6 Å². The lowest BCUT2D eigenvalue weighted by Gasteiger charge is -2.05. The summed E-state index contributed by atoms with van der Waals surface area (Å²) in [7, 11) is 0. The summed E-state index contributed by atoms with van der Waals surface area (Å²) >= 11 is 0. The zero-order chi connectivity index (χ0) is 9.97. The van der Waals surface area contributed by atoms with Crippen molar-refractivity contribution >= 4 is 5.95 Å². The summed E-state index contributed by atoms with van der Waals surface area (Å²) in [4.78, 5) is 8.47. The minimum atomic E-state index is 0.355. The molecule has 4 heteroatoms. The van der Waals surface area contributed by atoms with E-state index < -0.39 is 0 Å². The molecule has 0 unspecified atom stereocenters. The third kappa shape index (κ3) is 1.99. The molecule has 1 aliphatic rings. The van der Waals surface area contributed by atoms with Crippen LogP contribution in [0.1, 0.15) is 24.1 Å². The second-order valence-corrected chi connectivity index (χ2v) is 3.58. The van der Waals surface area contributed by atoms with Gasteiger partial charge < -0.3 is 5.32 Å². The molecule has 1 aliphatic carbocycles. The molecule has 2 rings (SSSR count). The van der Waals surface area contributed by atoms with Gasteiger partial charge >= 0.3 is 0 Å². The van der Waals surface area contributed by atoms with E-state index in [0.29, 0.717) is 18.4 Å². The van der Waals surface area contributed by atoms with E-state index in [1.807, 2.05) is 6.92 Å². The normalized spacial score (nSPS) is 14.9. The molecule has 1 aromatic heterocycles. The van der Waals surface area contributed by atoms with Crippen LogP contribution in [0.25, 0.3) is 0 Å². The highest BCUT2D eigenvalue weighted by Gasteiger charge is 2.21. The Morgan fingerprint density at radius 1 is 1.64 bits per heavy atom. The SMILES string of the molecule is Cc1cnc(NC2CC2)nc1CC#N. The summed E-state index contributed by atoms with van der Waals surface area (Å²) in [6, 6.07) is 2.65. The lowest BCUT2D eigenvalue weighted by atomic mass is 10.2. The molecular weight excluding hydrogens is 176 g/mol. The van der Waals surface area contributed by atoms with Crippen molar-refractivity contribution in [3.8, 4) is 6.07 Å². The van der Waals surface area contributed by atoms with Crippen molar-refractivity contribution in [3.63, 3.8) is 0 Å². The fourth-order valence-electron chi connectivity index (χ4n) is 1.21. The van der Waals surface area contributed by atoms with Crippen molar-refractivity contribution in [2.45, 2.75) is 32.2 Å². The molecule has 1 aromatic rings. The molecule has 0 bridgehead atoms. The molecule has 0 aliphatic heterocycles. The molecule has 72 valence electrons. The maximum atomic E-state index is 8.60. The highest BCUT2D eigenvalue weighted by atomic mass is 15.1. The highest BCUT2D eigenvalue weighted by molar-refractivity contribution is 5.32. The smallest absolute Gasteiger partial charge is 0.223 e. The van der Waals surface area contributed by atoms with Crippen molar-refractivity contribution in [2.75, 3.05) is 5.32 Å². The maximum absolute atomic E-state index is 8.60. The fourth-order valence-corrected chi connectivity index (χ4v) is 1.21. The first-order valence-corrected chi connectivity index (χ1v) is 4.75. The van der Waals surface area contributed by atoms with Gasteiger partial charge in [0.15, 0.2) is 0 Å². The van der Waals surface area contributed by atoms with Gasteiger partial charge in [-0.25, -0.2) is 9.97 Å². The van der Waals surface area contributed by atoms with Crippen molar-refractivity contribution in [2.24, 2.45) is 0 Å². The maximum Gasteiger partial charge on any atom is 0.223 e. The largest absolute Gasteiger partial charge is 0.351 e. The first-order valence-electron chi connectivity index (χ1n) is 4.75. The molecule has 0 atom stereocenters. The van der Waals surface area contributed by atoms with Crippen LogP contribution in [-0.4, -0.2) is 16.0 Å². The Labute approximate surface area is 83.0 Å². The van der Waals surface area contributed by atoms with Gasteiger partial charge in [0.25, 0.3) is 0 Å². The van der Waals surface area contributed by atoms with Crippen LogP contribution in [0.5, 0.6) is 0 Å². The number of nitrogens with zero attached hydrogens (tertiary/aromatic N) is 3. The Morgan fingerprint density at radius 3 is 3.07 bits per heavy atom. The van der Waals surface area contributed by atoms with Gasteiger partial charge in [0.2, 0.25) is 5.95 Å². The summed E-state index contributed by atoms with van der Waals surface area (Å²) in [5, 5.41) is 11.8. The third-order valence-electron chi connectivity index (χ3n) is 2.23. The molecule has 1 N–H and O–H groups in total. The molecule has 0 aromatic carbocycles. The minimum Gasteiger partial charge on any atom is -0.351 e. The summed E-state index contributed by atoms with van der Waals surface area (Å²) in [5.74, 6) is 0.656. The van der Waals surface area contributed by atoms with E-state index in [4.69, 9.17) is 5.26 Å². The molecule has 0 spiro atoms. The Hall–Kier alpha value is -1.63. The molecule has 4 nitrogen and oxygen atoms in total. The zero-order valence-corrected chi connectivity index (χ0v) is 8.12. The zero-order valence-electron chi connectivity index (χ0n) is 8.12. The number of hydrogen-bond acceptors (Lipinski definition) is 4. The minimum absolute atomic E-state index is 0.355. The van der Waals surface area contributed by atoms with Crippen molar-refractivity contribution < 1.29 is 0 Å². The average Bonchev–Trinajstić information content (AvgIpc) is 2.95. The predicted molar refractivity (Wildman–Crippen MR) is 52.7 cm³/mol. The van der Waals surface area contributed by atoms with Gasteiger partial charge in [-0.3, -0.25) is 0 Å². The summed E-state index contributed by atoms with van der Waals surface area (Å²) < 4.78 is 0. The molecule has 14 heavy (non-hydrogen) atoms. The molecule has 1 saturated carbocycles. The lowest BCUT2D eigenvalue weighted by Crippen LogP contribution is -2.07. The van der Waals surface area contributed by atoms with Crippen LogP contribution in [-0.2, 0) is 6.42 Å². The second kappa shape index (κ2) is 3.62. The number of aryl methyl sites for hydroxylation is 1. The molecule has 1 fully saturated rings. The standard InChI is InChI=1S/C10H12N4/c1-7-6-12-10(13-8-2-3-8)14-9(7)4-5-11/h6,8H,2-4H2,1H3,(H,12,13,14). The molecule has 0 saturated heterocycles. The van der Waals surface area contributed by atoms with Crippen LogP contribution < -0.4 is 5.32 Å². The van der Waals surface area contributed by atoms with Crippen LogP contribution >= 0.6 is 0 Å². The Kier molecular flexibility index (Phi) is 2.32. The van der Waals surface area contributed by atoms with Gasteiger partial charge in [0.05, 0.1) is 18.2 Å². The van der Waals surface area contributed by atoms with E-state index in [-0.39, 0.29) is 0 Å². The number of nitriles is 1. The molecular formula is C10H12N4. The van der Waals surface area contributed by atoms with E-state index in [0.717, 1.165) is 11.3 Å². The van der Waals surface area contributed by atoms with Gasteiger partial charge in [-0.05, 0) is 25.3 Å². The van der Waals surface area contributed by atoms with Crippen molar-refractivity contribution in [1.82, 2.24) is 9.97 Å². The lowest BCUT2D eigenvalue weighted by molar-refractivity contribution is 0.985. The predicted octanol–water partition coefficient (Wildman–Crippen LogP) is 1.43. The summed E-state index contributed by atoms with van der Waals surface area (Å²) in [6.07, 6.45) is 4.52. The van der Waals surface area contributed by atoms with E-state index in [1.54, 1.807) is 6.20 Å². The number of aromatic nitrogens is 2. The van der Waals surface area contributed by atoms with Gasteiger partial charge in [0.1, 0.15) is 0 Å². The number of hydrogen-bond donors (Lipinski definition) is 1. The highest BCUT2D eigenvalue weighted by Crippen LogP contribution is 2.23. The summed E-state index contributed by atoms with van der Waals surface area (Å²) in [6.45, 7) is 1.92. The van der Waals surface area contributed by atoms with E-state index >= 15 is 0 Å². The van der Waals surface area contributed by atoms with Gasteiger partial charge in [-0.1, -0.05) is 0 Å². The third-order valence-corrected chi connectivity index (χ3v) is 2.23. The van der Waals surface area contributed by atoms with E-state index in [9.17, 15) is 0 Å². The Balaban J connectivity index is 2.16. The first-order chi connectivity index (χ1) is 6.79. The van der Waals surface area contributed by atoms with Gasteiger partial charge in [-0.15, -0.1) is 0 Å². The first kappa shape index (κ1) is 8.95. The van der Waals surface area contributed by atoms with E-state index in [2.05, 4.69) is 21.4 Å². The van der Waals surface area contributed by atoms with Crippen LogP contribution in [0, 0.1) is 18.3 Å². The number of rotatable bonds is 3. The Bertz CT molecular complexity index is 376. The van der Waals surface area contributed by atoms with Crippen molar-refractivity contribution in [3.05, 3.63) is 17.5 Å².